The van der Waals surface area contributed by atoms with Gasteiger partial charge in [0.15, 0.2) is 0 Å². The van der Waals surface area contributed by atoms with E-state index in [2.05, 4.69) is 26.9 Å². The molecule has 0 spiro atoms. The quantitative estimate of drug-likeness (QED) is 0.496. The number of rotatable bonds is 3. The van der Waals surface area contributed by atoms with Gasteiger partial charge in [-0.25, -0.2) is 0 Å². The van der Waals surface area contributed by atoms with Gasteiger partial charge in [-0.15, -0.1) is 0 Å². The van der Waals surface area contributed by atoms with Crippen LogP contribution >= 0.6 is 0 Å². The highest BCUT2D eigenvalue weighted by Crippen LogP contribution is 2.02. The Kier molecular flexibility index (Phi) is 8.00. The highest BCUT2D eigenvalue weighted by molar-refractivity contribution is 6.32. The topological polar surface area (TPSA) is 86.8 Å². The molecule has 0 fully saturated rings. The highest BCUT2D eigenvalue weighted by atomic mass is 16.0. The molecule has 3 nitrogen and oxygen atoms in total. The van der Waals surface area contributed by atoms with Crippen molar-refractivity contribution >= 4 is 19.0 Å². The molecule has 1 aromatic carbocycles. The predicted molar refractivity (Wildman–Crippen MR) is 63.6 cm³/mol. The van der Waals surface area contributed by atoms with Crippen LogP contribution in [0.1, 0.15) is 25.3 Å². The highest BCUT2D eigenvalue weighted by Gasteiger charge is 1.97. The monoisotopic (exact) mass is 195 g/mol. The van der Waals surface area contributed by atoms with Crippen molar-refractivity contribution in [2.24, 2.45) is 0 Å². The summed E-state index contributed by atoms with van der Waals surface area (Å²) in [5.74, 6) is 0. The van der Waals surface area contributed by atoms with Gasteiger partial charge in [0, 0.05) is 5.71 Å². The Morgan fingerprint density at radius 1 is 1.21 bits per heavy atom. The van der Waals surface area contributed by atoms with Crippen molar-refractivity contribution < 1.29 is 11.0 Å². The van der Waals surface area contributed by atoms with Crippen LogP contribution in [0.4, 0.5) is 0 Å². The van der Waals surface area contributed by atoms with Crippen molar-refractivity contribution in [1.82, 2.24) is 0 Å². The van der Waals surface area contributed by atoms with Crippen LogP contribution in [0.5, 0.6) is 0 Å². The molecule has 1 rings (SSSR count). The van der Waals surface area contributed by atoms with Gasteiger partial charge in [-0.1, -0.05) is 43.1 Å². The van der Waals surface area contributed by atoms with E-state index in [1.165, 1.54) is 5.46 Å². The van der Waals surface area contributed by atoms with Crippen molar-refractivity contribution in [1.29, 1.82) is 5.41 Å². The van der Waals surface area contributed by atoms with E-state index in [9.17, 15) is 0 Å². The van der Waals surface area contributed by atoms with Gasteiger partial charge >= 0.3 is 0 Å². The van der Waals surface area contributed by atoms with Gasteiger partial charge in [-0.2, -0.15) is 0 Å². The predicted octanol–water partition coefficient (Wildman–Crippen LogP) is -0.536. The Bertz CT molecular complexity index is 272. The van der Waals surface area contributed by atoms with E-state index in [1.54, 1.807) is 0 Å². The molecule has 0 saturated heterocycles. The molecule has 0 aliphatic rings. The Labute approximate surface area is 85.7 Å². The average Bonchev–Trinajstić information content (AvgIpc) is 2.06. The first-order valence-corrected chi connectivity index (χ1v) is 4.38. The Hall–Kier alpha value is -1.13. The second-order valence-corrected chi connectivity index (χ2v) is 3.09. The Balaban J connectivity index is 0. The minimum Gasteiger partial charge on any atom is -0.412 e. The molecular weight excluding hydrogens is 177 g/mol. The average molecular weight is 195 g/mol. The van der Waals surface area contributed by atoms with Gasteiger partial charge in [-0.05, 0) is 12.0 Å². The van der Waals surface area contributed by atoms with E-state index in [0.717, 1.165) is 24.1 Å². The standard InChI is InChI=1S/C10H14BN.2H2O/c1-2-3-10(12)8-4-6-9(11)7-5-8;;/h4-7,12H,2-3,11H2,1H3;2*1H2. The Morgan fingerprint density at radius 2 is 1.71 bits per heavy atom. The summed E-state index contributed by atoms with van der Waals surface area (Å²) in [6, 6.07) is 8.15. The lowest BCUT2D eigenvalue weighted by Gasteiger charge is -2.01. The van der Waals surface area contributed by atoms with E-state index < -0.39 is 0 Å². The molecular formula is C10H18BNO2. The summed E-state index contributed by atoms with van der Waals surface area (Å²) in [5, 5.41) is 7.70. The maximum atomic E-state index is 7.70. The summed E-state index contributed by atoms with van der Waals surface area (Å²) < 4.78 is 0. The fraction of sp³-hybridized carbons (Fsp3) is 0.300. The Morgan fingerprint density at radius 3 is 2.14 bits per heavy atom. The van der Waals surface area contributed by atoms with Crippen LogP contribution in [-0.4, -0.2) is 24.5 Å². The van der Waals surface area contributed by atoms with Crippen molar-refractivity contribution in [2.75, 3.05) is 0 Å². The summed E-state index contributed by atoms with van der Waals surface area (Å²) in [4.78, 5) is 0. The molecule has 14 heavy (non-hydrogen) atoms. The molecule has 0 aromatic heterocycles. The van der Waals surface area contributed by atoms with Crippen LogP contribution in [0.15, 0.2) is 24.3 Å². The molecule has 0 atom stereocenters. The maximum absolute atomic E-state index is 7.70. The zero-order valence-corrected chi connectivity index (χ0v) is 8.72. The van der Waals surface area contributed by atoms with Crippen LogP contribution in [0, 0.1) is 5.41 Å². The molecule has 0 bridgehead atoms. The van der Waals surface area contributed by atoms with Crippen molar-refractivity contribution in [3.63, 3.8) is 0 Å². The number of hydrogen-bond donors (Lipinski definition) is 1. The zero-order valence-electron chi connectivity index (χ0n) is 8.72. The van der Waals surface area contributed by atoms with Gasteiger partial charge in [0.25, 0.3) is 0 Å². The maximum Gasteiger partial charge on any atom is 0.139 e. The van der Waals surface area contributed by atoms with Gasteiger partial charge in [0.2, 0.25) is 0 Å². The van der Waals surface area contributed by atoms with Crippen molar-refractivity contribution in [2.45, 2.75) is 19.8 Å². The lowest BCUT2D eigenvalue weighted by atomic mass is 9.94. The van der Waals surface area contributed by atoms with Crippen molar-refractivity contribution in [3.05, 3.63) is 29.8 Å². The summed E-state index contributed by atoms with van der Waals surface area (Å²) in [6.45, 7) is 2.10. The zero-order chi connectivity index (χ0) is 8.97. The molecule has 0 aliphatic heterocycles. The molecule has 0 heterocycles. The molecule has 0 amide bonds. The number of benzene rings is 1. The third-order valence-corrected chi connectivity index (χ3v) is 1.90. The van der Waals surface area contributed by atoms with Gasteiger partial charge in [0.1, 0.15) is 7.85 Å². The molecule has 4 heteroatoms. The minimum absolute atomic E-state index is 0. The summed E-state index contributed by atoms with van der Waals surface area (Å²) in [5.41, 5.74) is 3.06. The van der Waals surface area contributed by atoms with Crippen LogP contribution in [0.25, 0.3) is 0 Å². The van der Waals surface area contributed by atoms with E-state index in [4.69, 9.17) is 5.41 Å². The normalized spacial score (nSPS) is 8.36. The first-order valence-electron chi connectivity index (χ1n) is 4.38. The minimum atomic E-state index is 0. The van der Waals surface area contributed by atoms with Gasteiger partial charge in [0.05, 0.1) is 0 Å². The smallest absolute Gasteiger partial charge is 0.139 e. The lowest BCUT2D eigenvalue weighted by Crippen LogP contribution is -2.04. The van der Waals surface area contributed by atoms with Gasteiger partial charge < -0.3 is 16.4 Å². The molecule has 5 N–H and O–H groups in total. The van der Waals surface area contributed by atoms with E-state index in [0.29, 0.717) is 0 Å². The van der Waals surface area contributed by atoms with Crippen LogP contribution in [0.3, 0.4) is 0 Å². The second-order valence-electron chi connectivity index (χ2n) is 3.09. The third-order valence-electron chi connectivity index (χ3n) is 1.90. The molecule has 78 valence electrons. The number of hydrogen-bond acceptors (Lipinski definition) is 1. The SMILES string of the molecule is Bc1ccc(C(=N)CCC)cc1.O.O. The first kappa shape index (κ1) is 15.4. The summed E-state index contributed by atoms with van der Waals surface area (Å²) in [6.07, 6.45) is 1.93. The largest absolute Gasteiger partial charge is 0.412 e. The number of nitrogens with one attached hydrogen (secondary N) is 1. The van der Waals surface area contributed by atoms with E-state index in [-0.39, 0.29) is 11.0 Å². The molecule has 1 aromatic rings. The molecule has 0 unspecified atom stereocenters. The fourth-order valence-corrected chi connectivity index (χ4v) is 1.15. The van der Waals surface area contributed by atoms with Crippen LogP contribution < -0.4 is 5.46 Å². The van der Waals surface area contributed by atoms with Crippen molar-refractivity contribution in [3.8, 4) is 0 Å². The first-order chi connectivity index (χ1) is 5.74. The van der Waals surface area contributed by atoms with Crippen LogP contribution in [0.2, 0.25) is 0 Å². The third kappa shape index (κ3) is 4.21. The van der Waals surface area contributed by atoms with Gasteiger partial charge in [-0.3, -0.25) is 0 Å². The van der Waals surface area contributed by atoms with E-state index in [1.807, 2.05) is 12.1 Å². The van der Waals surface area contributed by atoms with Crippen LogP contribution in [-0.2, 0) is 0 Å². The molecule has 0 aliphatic carbocycles. The van der Waals surface area contributed by atoms with E-state index >= 15 is 0 Å². The molecule has 0 saturated carbocycles. The summed E-state index contributed by atoms with van der Waals surface area (Å²) in [7, 11) is 2.06. The summed E-state index contributed by atoms with van der Waals surface area (Å²) >= 11 is 0. The lowest BCUT2D eigenvalue weighted by molar-refractivity contribution is 0.823. The second kappa shape index (κ2) is 7.29. The fourth-order valence-electron chi connectivity index (χ4n) is 1.15. The molecule has 0 radical (unpaired) electrons.